The predicted octanol–water partition coefficient (Wildman–Crippen LogP) is 2.85. The van der Waals surface area contributed by atoms with Crippen molar-refractivity contribution in [1.82, 2.24) is 11.1 Å². The molecule has 0 aliphatic heterocycles. The number of sulfone groups is 1. The molecule has 1 aromatic rings. The van der Waals surface area contributed by atoms with Crippen LogP contribution in [0.2, 0.25) is 0 Å². The molecule has 8 heteroatoms. The molecular weight excluding hydrogens is 294 g/mol. The first-order valence-electron chi connectivity index (χ1n) is 5.96. The number of allylic oxidation sites excluding steroid dienone is 1. The molecule has 0 unspecified atom stereocenters. The van der Waals surface area contributed by atoms with E-state index >= 15 is 0 Å². The number of nitrogens with zero attached hydrogens (tertiary/aromatic N) is 2. The van der Waals surface area contributed by atoms with E-state index in [2.05, 4.69) is 4.98 Å². The third kappa shape index (κ3) is 4.08. The smallest absolute Gasteiger partial charge is 0.294 e. The Hall–Kier alpha value is -1.80. The summed E-state index contributed by atoms with van der Waals surface area (Å²) in [6.45, 7) is 6.68. The zero-order valence-corrected chi connectivity index (χ0v) is 13.7. The lowest BCUT2D eigenvalue weighted by Gasteiger charge is -2.22. The predicted molar refractivity (Wildman–Crippen MR) is 83.1 cm³/mol. The maximum atomic E-state index is 11.8. The van der Waals surface area contributed by atoms with Gasteiger partial charge < -0.3 is 6.15 Å². The lowest BCUT2D eigenvalue weighted by Crippen LogP contribution is -2.29. The van der Waals surface area contributed by atoms with E-state index in [9.17, 15) is 18.5 Å². The molecule has 118 valence electrons. The van der Waals surface area contributed by atoms with Crippen LogP contribution in [0.25, 0.3) is 6.08 Å². The highest BCUT2D eigenvalue weighted by atomic mass is 32.2. The maximum absolute atomic E-state index is 11.8. The Bertz CT molecular complexity index is 675. The number of nitro groups is 1. The van der Waals surface area contributed by atoms with E-state index < -0.39 is 19.5 Å². The van der Waals surface area contributed by atoms with Crippen molar-refractivity contribution in [2.24, 2.45) is 0 Å². The number of pyridine rings is 1. The molecule has 0 fully saturated rings. The molecule has 0 atom stereocenters. The minimum absolute atomic E-state index is 0. The van der Waals surface area contributed by atoms with Crippen LogP contribution in [0.1, 0.15) is 39.0 Å². The first kappa shape index (κ1) is 19.2. The maximum Gasteiger partial charge on any atom is 0.294 e. The van der Waals surface area contributed by atoms with Crippen LogP contribution in [0.5, 0.6) is 0 Å². The molecule has 0 saturated heterocycles. The second-order valence-electron chi connectivity index (χ2n) is 5.39. The van der Waals surface area contributed by atoms with Crippen LogP contribution in [-0.4, -0.2) is 24.6 Å². The topological polar surface area (TPSA) is 125 Å². The SMILES string of the molecule is CC(C)=Cc1cc(C(C)(C)S(C)(=O)=O)ncc1[N+](=O)[O-].N. The summed E-state index contributed by atoms with van der Waals surface area (Å²) in [6, 6.07) is 1.46. The second kappa shape index (κ2) is 6.31. The Morgan fingerprint density at radius 2 is 1.90 bits per heavy atom. The third-order valence-corrected chi connectivity index (χ3v) is 5.16. The van der Waals surface area contributed by atoms with E-state index in [4.69, 9.17) is 0 Å². The van der Waals surface area contributed by atoms with Crippen molar-refractivity contribution < 1.29 is 13.3 Å². The van der Waals surface area contributed by atoms with Gasteiger partial charge in [-0.25, -0.2) is 8.42 Å². The third-order valence-electron chi connectivity index (χ3n) is 3.10. The quantitative estimate of drug-likeness (QED) is 0.672. The summed E-state index contributed by atoms with van der Waals surface area (Å²) in [6.07, 6.45) is 3.87. The van der Waals surface area contributed by atoms with Gasteiger partial charge in [-0.05, 0) is 39.8 Å². The fourth-order valence-electron chi connectivity index (χ4n) is 1.56. The number of hydrogen-bond acceptors (Lipinski definition) is 6. The Morgan fingerprint density at radius 1 is 1.38 bits per heavy atom. The molecule has 7 nitrogen and oxygen atoms in total. The summed E-state index contributed by atoms with van der Waals surface area (Å²) in [5, 5.41) is 11.0. The van der Waals surface area contributed by atoms with Gasteiger partial charge in [0.05, 0.1) is 16.2 Å². The lowest BCUT2D eigenvalue weighted by molar-refractivity contribution is -0.385. The molecule has 21 heavy (non-hydrogen) atoms. The number of aromatic nitrogens is 1. The summed E-state index contributed by atoms with van der Waals surface area (Å²) in [5.74, 6) is 0. The molecule has 0 amide bonds. The van der Waals surface area contributed by atoms with Crippen molar-refractivity contribution >= 4 is 21.6 Å². The van der Waals surface area contributed by atoms with Gasteiger partial charge in [0.2, 0.25) is 0 Å². The van der Waals surface area contributed by atoms with Crippen LogP contribution in [-0.2, 0) is 14.6 Å². The highest BCUT2D eigenvalue weighted by Crippen LogP contribution is 2.31. The van der Waals surface area contributed by atoms with E-state index in [0.29, 0.717) is 5.56 Å². The Morgan fingerprint density at radius 3 is 2.29 bits per heavy atom. The van der Waals surface area contributed by atoms with E-state index in [0.717, 1.165) is 18.0 Å². The van der Waals surface area contributed by atoms with Crippen LogP contribution >= 0.6 is 0 Å². The van der Waals surface area contributed by atoms with Crippen LogP contribution in [0.15, 0.2) is 17.8 Å². The molecule has 1 aromatic heterocycles. The van der Waals surface area contributed by atoms with Crippen molar-refractivity contribution in [3.63, 3.8) is 0 Å². The number of hydrogen-bond donors (Lipinski definition) is 1. The summed E-state index contributed by atoms with van der Waals surface area (Å²) in [7, 11) is -3.39. The minimum atomic E-state index is -3.39. The first-order chi connectivity index (χ1) is 8.96. The largest absolute Gasteiger partial charge is 0.344 e. The zero-order valence-electron chi connectivity index (χ0n) is 12.9. The van der Waals surface area contributed by atoms with Gasteiger partial charge in [-0.2, -0.15) is 0 Å². The van der Waals surface area contributed by atoms with Crippen molar-refractivity contribution in [2.45, 2.75) is 32.4 Å². The molecule has 0 radical (unpaired) electrons. The van der Waals surface area contributed by atoms with Crippen molar-refractivity contribution in [3.05, 3.63) is 39.2 Å². The fraction of sp³-hybridized carbons (Fsp3) is 0.462. The highest BCUT2D eigenvalue weighted by molar-refractivity contribution is 7.91. The van der Waals surface area contributed by atoms with Crippen molar-refractivity contribution in [2.75, 3.05) is 6.26 Å². The average molecular weight is 315 g/mol. The molecule has 0 spiro atoms. The molecule has 0 aliphatic rings. The standard InChI is InChI=1S/C13H18N2O4S.H3N/c1-9(2)6-10-7-12(13(3,4)20(5,18)19)14-8-11(10)15(16)17;/h6-8H,1-5H3;1H3. The fourth-order valence-corrected chi connectivity index (χ4v) is 2.05. The van der Waals surface area contributed by atoms with Gasteiger partial charge in [-0.3, -0.25) is 15.1 Å². The van der Waals surface area contributed by atoms with Crippen LogP contribution in [0.3, 0.4) is 0 Å². The molecule has 1 heterocycles. The Balaban J connectivity index is 0.00000400. The van der Waals surface area contributed by atoms with Gasteiger partial charge in [0.15, 0.2) is 9.84 Å². The van der Waals surface area contributed by atoms with E-state index in [1.54, 1.807) is 6.08 Å². The van der Waals surface area contributed by atoms with Crippen molar-refractivity contribution in [1.29, 1.82) is 0 Å². The van der Waals surface area contributed by atoms with Gasteiger partial charge in [-0.1, -0.05) is 5.57 Å². The van der Waals surface area contributed by atoms with Gasteiger partial charge in [-0.15, -0.1) is 0 Å². The van der Waals surface area contributed by atoms with Gasteiger partial charge in [0.25, 0.3) is 5.69 Å². The molecule has 1 rings (SSSR count). The second-order valence-corrected chi connectivity index (χ2v) is 7.95. The molecule has 0 bridgehead atoms. The van der Waals surface area contributed by atoms with Gasteiger partial charge in [0.1, 0.15) is 10.9 Å². The van der Waals surface area contributed by atoms with Crippen molar-refractivity contribution in [3.8, 4) is 0 Å². The summed E-state index contributed by atoms with van der Waals surface area (Å²) >= 11 is 0. The summed E-state index contributed by atoms with van der Waals surface area (Å²) in [5.41, 5.74) is 1.39. The molecule has 0 saturated carbocycles. The van der Waals surface area contributed by atoms with Crippen LogP contribution in [0, 0.1) is 10.1 Å². The van der Waals surface area contributed by atoms with Crippen LogP contribution in [0.4, 0.5) is 5.69 Å². The zero-order chi connectivity index (χ0) is 15.7. The van der Waals surface area contributed by atoms with Gasteiger partial charge in [0, 0.05) is 6.26 Å². The first-order valence-corrected chi connectivity index (χ1v) is 7.85. The van der Waals surface area contributed by atoms with E-state index in [-0.39, 0.29) is 17.5 Å². The van der Waals surface area contributed by atoms with Crippen LogP contribution < -0.4 is 6.15 Å². The molecular formula is C13H21N3O4S. The highest BCUT2D eigenvalue weighted by Gasteiger charge is 2.34. The summed E-state index contributed by atoms with van der Waals surface area (Å²) < 4.78 is 22.4. The molecule has 0 aromatic carbocycles. The lowest BCUT2D eigenvalue weighted by atomic mass is 10.0. The Labute approximate surface area is 124 Å². The molecule has 0 aliphatic carbocycles. The average Bonchev–Trinajstić information content (AvgIpc) is 2.25. The van der Waals surface area contributed by atoms with Gasteiger partial charge >= 0.3 is 0 Å². The molecule has 3 N–H and O–H groups in total. The minimum Gasteiger partial charge on any atom is -0.344 e. The van der Waals surface area contributed by atoms with E-state index in [1.807, 2.05) is 13.8 Å². The summed E-state index contributed by atoms with van der Waals surface area (Å²) in [4.78, 5) is 14.4. The number of rotatable bonds is 4. The Kier molecular flexibility index (Phi) is 5.77. The normalized spacial score (nSPS) is 11.5. The monoisotopic (exact) mass is 315 g/mol. The van der Waals surface area contributed by atoms with E-state index in [1.165, 1.54) is 19.9 Å².